The number of rotatable bonds is 9. The quantitative estimate of drug-likeness (QED) is 0.690. The zero-order chi connectivity index (χ0) is 21.7. The molecule has 0 atom stereocenters. The Morgan fingerprint density at radius 3 is 2.40 bits per heavy atom. The highest BCUT2D eigenvalue weighted by atomic mass is 16.5. The fourth-order valence-corrected chi connectivity index (χ4v) is 3.43. The molecule has 30 heavy (non-hydrogen) atoms. The van der Waals surface area contributed by atoms with Crippen molar-refractivity contribution in [2.24, 2.45) is 0 Å². The molecule has 0 spiro atoms. The van der Waals surface area contributed by atoms with Crippen LogP contribution in [0.2, 0.25) is 0 Å². The molecule has 1 aliphatic rings. The first-order chi connectivity index (χ1) is 14.4. The number of carbonyl (C=O) groups excluding carboxylic acids is 2. The van der Waals surface area contributed by atoms with Crippen molar-refractivity contribution >= 4 is 17.5 Å². The average molecular weight is 410 g/mol. The number of benzene rings is 2. The van der Waals surface area contributed by atoms with Gasteiger partial charge in [-0.1, -0.05) is 24.3 Å². The van der Waals surface area contributed by atoms with Gasteiger partial charge in [0.25, 0.3) is 0 Å². The van der Waals surface area contributed by atoms with E-state index in [1.165, 1.54) is 0 Å². The smallest absolute Gasteiger partial charge is 0.238 e. The molecule has 1 fully saturated rings. The van der Waals surface area contributed by atoms with Gasteiger partial charge >= 0.3 is 0 Å². The Kier molecular flexibility index (Phi) is 7.11. The molecule has 2 amide bonds. The Labute approximate surface area is 178 Å². The summed E-state index contributed by atoms with van der Waals surface area (Å²) in [4.78, 5) is 29.1. The minimum absolute atomic E-state index is 0.0513. The molecule has 0 aromatic heterocycles. The predicted octanol–water partition coefficient (Wildman–Crippen LogP) is 3.37. The number of likely N-dealkylation sites (N-methyl/N-ethyl adjacent to an activating group) is 1. The van der Waals surface area contributed by atoms with Crippen molar-refractivity contribution in [1.82, 2.24) is 9.80 Å². The van der Waals surface area contributed by atoms with Crippen LogP contribution in [0.15, 0.2) is 42.5 Å². The van der Waals surface area contributed by atoms with Gasteiger partial charge in [0.05, 0.1) is 20.2 Å². The summed E-state index contributed by atoms with van der Waals surface area (Å²) in [6.45, 7) is 4.97. The van der Waals surface area contributed by atoms with Crippen LogP contribution in [0.25, 0.3) is 0 Å². The van der Waals surface area contributed by atoms with Crippen molar-refractivity contribution in [3.05, 3.63) is 59.2 Å². The zero-order valence-corrected chi connectivity index (χ0v) is 18.3. The summed E-state index contributed by atoms with van der Waals surface area (Å²) in [6.07, 6.45) is 2.08. The molecule has 2 aromatic carbocycles. The average Bonchev–Trinajstić information content (AvgIpc) is 3.55. The van der Waals surface area contributed by atoms with Gasteiger partial charge in [-0.15, -0.1) is 0 Å². The normalized spacial score (nSPS) is 13.2. The summed E-state index contributed by atoms with van der Waals surface area (Å²) in [6, 6.07) is 13.9. The Morgan fingerprint density at radius 2 is 1.77 bits per heavy atom. The van der Waals surface area contributed by atoms with E-state index >= 15 is 0 Å². The van der Waals surface area contributed by atoms with Crippen LogP contribution in [-0.2, 0) is 16.1 Å². The van der Waals surface area contributed by atoms with E-state index in [9.17, 15) is 9.59 Å². The number of nitrogens with zero attached hydrogens (tertiary/aromatic N) is 2. The highest BCUT2D eigenvalue weighted by Crippen LogP contribution is 2.29. The molecule has 160 valence electrons. The van der Waals surface area contributed by atoms with Crippen LogP contribution >= 0.6 is 0 Å². The number of anilines is 1. The maximum Gasteiger partial charge on any atom is 0.238 e. The van der Waals surface area contributed by atoms with Crippen molar-refractivity contribution in [3.63, 3.8) is 0 Å². The highest BCUT2D eigenvalue weighted by molar-refractivity contribution is 5.93. The number of nitrogens with one attached hydrogen (secondary N) is 1. The second kappa shape index (κ2) is 9.76. The Hall–Kier alpha value is -2.86. The van der Waals surface area contributed by atoms with Gasteiger partial charge in [0, 0.05) is 18.3 Å². The van der Waals surface area contributed by atoms with Crippen molar-refractivity contribution in [2.75, 3.05) is 32.6 Å². The molecule has 0 saturated heterocycles. The van der Waals surface area contributed by atoms with Crippen LogP contribution in [0.3, 0.4) is 0 Å². The lowest BCUT2D eigenvalue weighted by molar-refractivity contribution is -0.133. The largest absolute Gasteiger partial charge is 0.497 e. The van der Waals surface area contributed by atoms with E-state index < -0.39 is 0 Å². The molecule has 0 unspecified atom stereocenters. The molecule has 6 nitrogen and oxygen atoms in total. The van der Waals surface area contributed by atoms with Crippen LogP contribution in [0.5, 0.6) is 5.75 Å². The third-order valence-corrected chi connectivity index (χ3v) is 5.52. The molecular formula is C24H31N3O3. The zero-order valence-electron chi connectivity index (χ0n) is 18.3. The number of hydrogen-bond donors (Lipinski definition) is 1. The molecule has 3 rings (SSSR count). The summed E-state index contributed by atoms with van der Waals surface area (Å²) in [5, 5.41) is 2.95. The van der Waals surface area contributed by atoms with E-state index in [-0.39, 0.29) is 24.9 Å². The lowest BCUT2D eigenvalue weighted by Gasteiger charge is -2.25. The third-order valence-electron chi connectivity index (χ3n) is 5.52. The van der Waals surface area contributed by atoms with Gasteiger partial charge in [-0.3, -0.25) is 14.5 Å². The van der Waals surface area contributed by atoms with Gasteiger partial charge in [-0.05, 0) is 68.6 Å². The lowest BCUT2D eigenvalue weighted by Crippen LogP contribution is -2.42. The van der Waals surface area contributed by atoms with Gasteiger partial charge in [0.15, 0.2) is 0 Å². The Bertz CT molecular complexity index is 891. The fourth-order valence-electron chi connectivity index (χ4n) is 3.43. The molecule has 0 aliphatic heterocycles. The first kappa shape index (κ1) is 21.8. The topological polar surface area (TPSA) is 61.9 Å². The Balaban J connectivity index is 1.54. The van der Waals surface area contributed by atoms with Crippen LogP contribution in [-0.4, -0.2) is 54.9 Å². The van der Waals surface area contributed by atoms with Crippen molar-refractivity contribution in [3.8, 4) is 5.75 Å². The van der Waals surface area contributed by atoms with Gasteiger partial charge < -0.3 is 15.0 Å². The number of ether oxygens (including phenoxy) is 1. The van der Waals surface area contributed by atoms with Crippen LogP contribution < -0.4 is 10.1 Å². The second-order valence-corrected chi connectivity index (χ2v) is 8.07. The first-order valence-corrected chi connectivity index (χ1v) is 10.3. The lowest BCUT2D eigenvalue weighted by atomic mass is 10.1. The fraction of sp³-hybridized carbons (Fsp3) is 0.417. The number of aryl methyl sites for hydroxylation is 1. The molecule has 6 heteroatoms. The van der Waals surface area contributed by atoms with Crippen molar-refractivity contribution < 1.29 is 14.3 Å². The molecule has 0 bridgehead atoms. The summed E-state index contributed by atoms with van der Waals surface area (Å²) in [5.74, 6) is 0.736. The van der Waals surface area contributed by atoms with E-state index in [1.54, 1.807) is 19.1 Å². The molecular weight excluding hydrogens is 378 g/mol. The first-order valence-electron chi connectivity index (χ1n) is 10.3. The van der Waals surface area contributed by atoms with Crippen molar-refractivity contribution in [2.45, 2.75) is 39.3 Å². The monoisotopic (exact) mass is 409 g/mol. The van der Waals surface area contributed by atoms with E-state index in [1.807, 2.05) is 61.2 Å². The van der Waals surface area contributed by atoms with E-state index in [0.717, 1.165) is 41.0 Å². The second-order valence-electron chi connectivity index (χ2n) is 8.07. The van der Waals surface area contributed by atoms with Crippen LogP contribution in [0.4, 0.5) is 5.69 Å². The minimum atomic E-state index is -0.118. The predicted molar refractivity (Wildman–Crippen MR) is 119 cm³/mol. The summed E-state index contributed by atoms with van der Waals surface area (Å²) >= 11 is 0. The highest BCUT2D eigenvalue weighted by Gasteiger charge is 2.32. The summed E-state index contributed by atoms with van der Waals surface area (Å²) in [5.41, 5.74) is 4.09. The number of methoxy groups -OCH3 is 1. The summed E-state index contributed by atoms with van der Waals surface area (Å²) in [7, 11) is 3.44. The molecule has 1 saturated carbocycles. The molecule has 2 aromatic rings. The minimum Gasteiger partial charge on any atom is -0.497 e. The van der Waals surface area contributed by atoms with Gasteiger partial charge in [-0.2, -0.15) is 0 Å². The molecule has 1 N–H and O–H groups in total. The van der Waals surface area contributed by atoms with Gasteiger partial charge in [-0.25, -0.2) is 0 Å². The van der Waals surface area contributed by atoms with Crippen LogP contribution in [0.1, 0.15) is 29.5 Å². The third kappa shape index (κ3) is 5.83. The number of hydrogen-bond acceptors (Lipinski definition) is 4. The molecule has 0 radical (unpaired) electrons. The standard InChI is InChI=1S/C24H31N3O3/c1-17-6-5-7-22(18(17)2)25-23(28)15-26(3)16-24(29)27(20-10-11-20)14-19-8-12-21(30-4)13-9-19/h5-9,12-13,20H,10-11,14-16H2,1-4H3,(H,25,28). The SMILES string of the molecule is COc1ccc(CN(C(=O)CN(C)CC(=O)Nc2cccc(C)c2C)C2CC2)cc1. The van der Waals surface area contributed by atoms with Crippen molar-refractivity contribution in [1.29, 1.82) is 0 Å². The van der Waals surface area contributed by atoms with E-state index in [4.69, 9.17) is 4.74 Å². The number of carbonyl (C=O) groups is 2. The van der Waals surface area contributed by atoms with E-state index in [2.05, 4.69) is 5.32 Å². The maximum atomic E-state index is 12.9. The number of amides is 2. The molecule has 1 aliphatic carbocycles. The summed E-state index contributed by atoms with van der Waals surface area (Å²) < 4.78 is 5.20. The van der Waals surface area contributed by atoms with Gasteiger partial charge in [0.1, 0.15) is 5.75 Å². The van der Waals surface area contributed by atoms with Gasteiger partial charge in [0.2, 0.25) is 11.8 Å². The maximum absolute atomic E-state index is 12.9. The van der Waals surface area contributed by atoms with E-state index in [0.29, 0.717) is 12.6 Å². The van der Waals surface area contributed by atoms with Crippen LogP contribution in [0, 0.1) is 13.8 Å². The molecule has 0 heterocycles. The Morgan fingerprint density at radius 1 is 1.07 bits per heavy atom.